The minimum absolute atomic E-state index is 0.00877. The second kappa shape index (κ2) is 10.0. The van der Waals surface area contributed by atoms with E-state index in [-0.39, 0.29) is 17.1 Å². The predicted octanol–water partition coefficient (Wildman–Crippen LogP) is 6.81. The Balaban J connectivity index is 1.81. The standard InChI is InChI=1S/C29H36N2O3/c1-5-7-10-17-34-21-15-13-20(14-16-21)28-27-23(18-29(3,4)19-25(27)32)30-22-11-8-9-12-24(22)31(28)26(33)6-2/h8-9,11-16,28,30H,5-7,10,17-19H2,1-4H3/t28-/m1/s1. The van der Waals surface area contributed by atoms with Gasteiger partial charge in [-0.05, 0) is 48.1 Å². The van der Waals surface area contributed by atoms with E-state index >= 15 is 0 Å². The lowest BCUT2D eigenvalue weighted by atomic mass is 9.73. The first-order chi connectivity index (χ1) is 16.3. The summed E-state index contributed by atoms with van der Waals surface area (Å²) in [5.41, 5.74) is 4.07. The van der Waals surface area contributed by atoms with Gasteiger partial charge in [-0.1, -0.05) is 64.8 Å². The molecule has 180 valence electrons. The molecular weight excluding hydrogens is 424 g/mol. The quantitative estimate of drug-likeness (QED) is 0.461. The van der Waals surface area contributed by atoms with Gasteiger partial charge in [0.05, 0.1) is 24.0 Å². The summed E-state index contributed by atoms with van der Waals surface area (Å²) in [6.07, 6.45) is 4.91. The first kappa shape index (κ1) is 24.1. The van der Waals surface area contributed by atoms with Gasteiger partial charge in [0.15, 0.2) is 5.78 Å². The third-order valence-electron chi connectivity index (χ3n) is 6.68. The van der Waals surface area contributed by atoms with Crippen LogP contribution in [0.2, 0.25) is 0 Å². The summed E-state index contributed by atoms with van der Waals surface area (Å²) in [5.74, 6) is 0.904. The highest BCUT2D eigenvalue weighted by atomic mass is 16.5. The fourth-order valence-corrected chi connectivity index (χ4v) is 5.04. The number of rotatable bonds is 7. The molecule has 0 saturated heterocycles. The number of carbonyl (C=O) groups excluding carboxylic acids is 2. The number of carbonyl (C=O) groups is 2. The number of ketones is 1. The minimum Gasteiger partial charge on any atom is -0.494 e. The molecule has 5 nitrogen and oxygen atoms in total. The van der Waals surface area contributed by atoms with Gasteiger partial charge in [0.1, 0.15) is 5.75 Å². The lowest BCUT2D eigenvalue weighted by molar-refractivity contribution is -0.119. The van der Waals surface area contributed by atoms with Gasteiger partial charge in [-0.25, -0.2) is 0 Å². The number of ether oxygens (including phenoxy) is 1. The number of para-hydroxylation sites is 2. The Morgan fingerprint density at radius 2 is 1.79 bits per heavy atom. The second-order valence-electron chi connectivity index (χ2n) is 10.1. The van der Waals surface area contributed by atoms with Gasteiger partial charge < -0.3 is 10.1 Å². The molecule has 34 heavy (non-hydrogen) atoms. The average molecular weight is 461 g/mol. The van der Waals surface area contributed by atoms with Crippen LogP contribution in [0.15, 0.2) is 59.8 Å². The molecule has 0 unspecified atom stereocenters. The Hall–Kier alpha value is -3.08. The first-order valence-electron chi connectivity index (χ1n) is 12.5. The zero-order valence-electron chi connectivity index (χ0n) is 20.8. The van der Waals surface area contributed by atoms with E-state index in [2.05, 4.69) is 26.1 Å². The SMILES string of the molecule is CCCCCOc1ccc([C@@H]2C3=C(CC(C)(C)CC3=O)Nc3ccccc3N2C(=O)CC)cc1. The number of fused-ring (bicyclic) bond motifs is 1. The van der Waals surface area contributed by atoms with Gasteiger partial charge in [0.2, 0.25) is 5.91 Å². The van der Waals surface area contributed by atoms with Crippen LogP contribution in [0.5, 0.6) is 5.75 Å². The molecule has 0 radical (unpaired) electrons. The zero-order chi connectivity index (χ0) is 24.3. The molecule has 0 spiro atoms. The molecule has 0 saturated carbocycles. The van der Waals surface area contributed by atoms with Crippen molar-refractivity contribution in [1.82, 2.24) is 0 Å². The molecule has 4 rings (SSSR count). The molecule has 1 amide bonds. The fourth-order valence-electron chi connectivity index (χ4n) is 5.04. The van der Waals surface area contributed by atoms with Crippen LogP contribution >= 0.6 is 0 Å². The van der Waals surface area contributed by atoms with Crippen LogP contribution in [0.25, 0.3) is 0 Å². The number of amides is 1. The van der Waals surface area contributed by atoms with E-state index in [4.69, 9.17) is 4.74 Å². The van der Waals surface area contributed by atoms with Gasteiger partial charge in [-0.3, -0.25) is 14.5 Å². The fraction of sp³-hybridized carbons (Fsp3) is 0.448. The molecule has 5 heteroatoms. The maximum atomic E-state index is 13.6. The summed E-state index contributed by atoms with van der Waals surface area (Å²) >= 11 is 0. The Kier molecular flexibility index (Phi) is 7.11. The molecule has 0 bridgehead atoms. The predicted molar refractivity (Wildman–Crippen MR) is 137 cm³/mol. The van der Waals surface area contributed by atoms with Gasteiger partial charge in [-0.2, -0.15) is 0 Å². The van der Waals surface area contributed by atoms with Gasteiger partial charge in [0.25, 0.3) is 0 Å². The van der Waals surface area contributed by atoms with E-state index in [1.54, 1.807) is 0 Å². The smallest absolute Gasteiger partial charge is 0.227 e. The largest absolute Gasteiger partial charge is 0.494 e. The van der Waals surface area contributed by atoms with E-state index in [0.29, 0.717) is 25.0 Å². The van der Waals surface area contributed by atoms with Crippen LogP contribution in [-0.4, -0.2) is 18.3 Å². The van der Waals surface area contributed by atoms with Crippen molar-refractivity contribution < 1.29 is 14.3 Å². The van der Waals surface area contributed by atoms with Crippen molar-refractivity contribution in [2.75, 3.05) is 16.8 Å². The molecular formula is C29H36N2O3. The Bertz CT molecular complexity index is 1080. The molecule has 2 aromatic rings. The van der Waals surface area contributed by atoms with Gasteiger partial charge in [-0.15, -0.1) is 0 Å². The molecule has 1 aliphatic carbocycles. The van der Waals surface area contributed by atoms with Crippen molar-refractivity contribution in [3.05, 3.63) is 65.4 Å². The zero-order valence-corrected chi connectivity index (χ0v) is 20.8. The maximum absolute atomic E-state index is 13.6. The summed E-state index contributed by atoms with van der Waals surface area (Å²) < 4.78 is 5.91. The van der Waals surface area contributed by atoms with Crippen LogP contribution < -0.4 is 15.0 Å². The van der Waals surface area contributed by atoms with Crippen LogP contribution in [-0.2, 0) is 9.59 Å². The van der Waals surface area contributed by atoms with Crippen LogP contribution in [0.3, 0.4) is 0 Å². The first-order valence-corrected chi connectivity index (χ1v) is 12.5. The van der Waals surface area contributed by atoms with E-state index in [9.17, 15) is 9.59 Å². The topological polar surface area (TPSA) is 58.6 Å². The summed E-state index contributed by atoms with van der Waals surface area (Å²) in [7, 11) is 0. The molecule has 0 fully saturated rings. The second-order valence-corrected chi connectivity index (χ2v) is 10.1. The van der Waals surface area contributed by atoms with Crippen molar-refractivity contribution in [2.45, 2.75) is 72.3 Å². The number of hydrogen-bond acceptors (Lipinski definition) is 4. The van der Waals surface area contributed by atoms with Crippen molar-refractivity contribution >= 4 is 23.1 Å². The normalized spacial score (nSPS) is 19.1. The molecule has 1 N–H and O–H groups in total. The third-order valence-corrected chi connectivity index (χ3v) is 6.68. The average Bonchev–Trinajstić information content (AvgIpc) is 2.95. The van der Waals surface area contributed by atoms with Crippen molar-refractivity contribution in [1.29, 1.82) is 0 Å². The lowest BCUT2D eigenvalue weighted by Gasteiger charge is -2.37. The highest BCUT2D eigenvalue weighted by Gasteiger charge is 2.42. The van der Waals surface area contributed by atoms with E-state index in [1.165, 1.54) is 0 Å². The summed E-state index contributed by atoms with van der Waals surface area (Å²) in [6, 6.07) is 15.3. The van der Waals surface area contributed by atoms with Crippen LogP contribution in [0, 0.1) is 5.41 Å². The van der Waals surface area contributed by atoms with Gasteiger partial charge in [0, 0.05) is 24.1 Å². The van der Waals surface area contributed by atoms with E-state index in [0.717, 1.165) is 54.1 Å². The summed E-state index contributed by atoms with van der Waals surface area (Å²) in [4.78, 5) is 28.8. The number of hydrogen-bond donors (Lipinski definition) is 1. The number of nitrogens with one attached hydrogen (secondary N) is 1. The van der Waals surface area contributed by atoms with E-state index < -0.39 is 6.04 Å². The minimum atomic E-state index is -0.476. The highest BCUT2D eigenvalue weighted by molar-refractivity contribution is 6.06. The van der Waals surface area contributed by atoms with Crippen molar-refractivity contribution in [2.24, 2.45) is 5.41 Å². The van der Waals surface area contributed by atoms with Crippen LogP contribution in [0.1, 0.15) is 77.8 Å². The molecule has 2 aliphatic rings. The number of anilines is 2. The van der Waals surface area contributed by atoms with Crippen molar-refractivity contribution in [3.8, 4) is 5.75 Å². The number of Topliss-reactive ketones (excluding diaryl/α,β-unsaturated/α-hetero) is 1. The molecule has 0 aromatic heterocycles. The monoisotopic (exact) mass is 460 g/mol. The number of unbranched alkanes of at least 4 members (excludes halogenated alkanes) is 2. The number of benzene rings is 2. The number of allylic oxidation sites excluding steroid dienone is 1. The third kappa shape index (κ3) is 4.89. The molecule has 1 atom stereocenters. The van der Waals surface area contributed by atoms with E-state index in [1.807, 2.05) is 60.4 Å². The van der Waals surface area contributed by atoms with Crippen molar-refractivity contribution in [3.63, 3.8) is 0 Å². The Labute approximate surface area is 203 Å². The summed E-state index contributed by atoms with van der Waals surface area (Å²) in [5, 5.41) is 3.55. The lowest BCUT2D eigenvalue weighted by Crippen LogP contribution is -2.39. The Morgan fingerprint density at radius 3 is 2.50 bits per heavy atom. The highest BCUT2D eigenvalue weighted by Crippen LogP contribution is 2.48. The maximum Gasteiger partial charge on any atom is 0.227 e. The summed E-state index contributed by atoms with van der Waals surface area (Å²) in [6.45, 7) is 8.99. The van der Waals surface area contributed by atoms with Crippen LogP contribution in [0.4, 0.5) is 11.4 Å². The number of nitrogens with zero attached hydrogens (tertiary/aromatic N) is 1. The van der Waals surface area contributed by atoms with Gasteiger partial charge >= 0.3 is 0 Å². The molecule has 1 heterocycles. The molecule has 2 aromatic carbocycles. The Morgan fingerprint density at radius 1 is 1.06 bits per heavy atom. The molecule has 1 aliphatic heterocycles.